The van der Waals surface area contributed by atoms with E-state index in [1.165, 1.54) is 6.92 Å². The fourth-order valence-corrected chi connectivity index (χ4v) is 0.253. The van der Waals surface area contributed by atoms with Gasteiger partial charge in [0.2, 0.25) is 0 Å². The van der Waals surface area contributed by atoms with E-state index in [2.05, 4.69) is 4.74 Å². The van der Waals surface area contributed by atoms with Crippen LogP contribution in [0.3, 0.4) is 0 Å². The average Bonchev–Trinajstić information content (AvgIpc) is 1.83. The minimum atomic E-state index is -1.08. The second kappa shape index (κ2) is 8.99. The molecule has 13 heavy (non-hydrogen) atoms. The predicted molar refractivity (Wildman–Crippen MR) is 44.2 cm³/mol. The molecule has 0 aliphatic rings. The highest BCUT2D eigenvalue weighted by molar-refractivity contribution is 5.65. The molecule has 0 fully saturated rings. The first-order valence-electron chi connectivity index (χ1n) is 3.78. The van der Waals surface area contributed by atoms with Crippen molar-refractivity contribution in [3.05, 3.63) is 0 Å². The maximum Gasteiger partial charge on any atom is 0.352 e. The first-order chi connectivity index (χ1) is 5.86. The fraction of sp³-hybridized carbons (Fsp3) is 0.750. The zero-order valence-electron chi connectivity index (χ0n) is 8.33. The van der Waals surface area contributed by atoms with E-state index < -0.39 is 5.97 Å². The summed E-state index contributed by atoms with van der Waals surface area (Å²) in [6.07, 6.45) is 0.115. The van der Waals surface area contributed by atoms with Crippen LogP contribution in [-0.4, -0.2) is 24.8 Å². The van der Waals surface area contributed by atoms with Gasteiger partial charge in [-0.25, -0.2) is 9.90 Å². The molecule has 0 bridgehead atoms. The first-order valence-corrected chi connectivity index (χ1v) is 3.78. The molecule has 0 atom stereocenters. The van der Waals surface area contributed by atoms with Crippen LogP contribution in [0, 0.1) is 0 Å². The van der Waals surface area contributed by atoms with Gasteiger partial charge in [0.15, 0.2) is 6.79 Å². The summed E-state index contributed by atoms with van der Waals surface area (Å²) < 4.78 is 9.40. The molecular formula is C8H15O5. The van der Waals surface area contributed by atoms with Crippen LogP contribution in [0.25, 0.3) is 0 Å². The summed E-state index contributed by atoms with van der Waals surface area (Å²) in [4.78, 5) is 19.0. The predicted octanol–water partition coefficient (Wildman–Crippen LogP) is 0.895. The van der Waals surface area contributed by atoms with Crippen LogP contribution in [-0.2, 0) is 24.2 Å². The Hall–Kier alpha value is -1.10. The molecule has 0 heterocycles. The normalized spacial score (nSPS) is 8.69. The Morgan fingerprint density at radius 2 is 1.62 bits per heavy atom. The van der Waals surface area contributed by atoms with E-state index in [-0.39, 0.29) is 18.9 Å². The molecule has 1 radical (unpaired) electrons. The number of esters is 1. The van der Waals surface area contributed by atoms with Crippen LogP contribution in [0.5, 0.6) is 0 Å². The lowest BCUT2D eigenvalue weighted by Gasteiger charge is -2.05. The van der Waals surface area contributed by atoms with Crippen LogP contribution in [0.1, 0.15) is 27.7 Å². The van der Waals surface area contributed by atoms with Crippen molar-refractivity contribution < 1.29 is 24.2 Å². The Kier molecular flexibility index (Phi) is 9.98. The Balaban J connectivity index is 0. The van der Waals surface area contributed by atoms with Crippen molar-refractivity contribution >= 4 is 11.9 Å². The number of rotatable bonds is 3. The second-order valence-corrected chi connectivity index (χ2v) is 2.46. The molecular weight excluding hydrogens is 176 g/mol. The molecule has 0 N–H and O–H groups in total. The van der Waals surface area contributed by atoms with E-state index in [1.807, 2.05) is 13.8 Å². The lowest BCUT2D eigenvalue weighted by atomic mass is 10.5. The topological polar surface area (TPSA) is 72.5 Å². The van der Waals surface area contributed by atoms with Crippen molar-refractivity contribution in [2.75, 3.05) is 6.79 Å². The highest BCUT2D eigenvalue weighted by atomic mass is 16.7. The van der Waals surface area contributed by atoms with E-state index >= 15 is 0 Å². The monoisotopic (exact) mass is 191 g/mol. The summed E-state index contributed by atoms with van der Waals surface area (Å²) in [6, 6.07) is 0. The van der Waals surface area contributed by atoms with Gasteiger partial charge in [0, 0.05) is 13.8 Å². The third-order valence-electron chi connectivity index (χ3n) is 0.664. The quantitative estimate of drug-likeness (QED) is 0.490. The van der Waals surface area contributed by atoms with Crippen molar-refractivity contribution in [1.82, 2.24) is 0 Å². The van der Waals surface area contributed by atoms with E-state index in [4.69, 9.17) is 14.6 Å². The summed E-state index contributed by atoms with van der Waals surface area (Å²) in [5, 5.41) is 8.89. The smallest absolute Gasteiger partial charge is 0.352 e. The number of hydrogen-bond acceptors (Lipinski definition) is 4. The van der Waals surface area contributed by atoms with Crippen LogP contribution < -0.4 is 0 Å². The van der Waals surface area contributed by atoms with Crippen LogP contribution >= 0.6 is 0 Å². The Morgan fingerprint density at radius 1 is 1.23 bits per heavy atom. The standard InChI is InChI=1S/C6H12O3.C2H3O2/c1-5(2)8-4-9-6(3)7;1-2(3)4/h5H,4H2,1-3H3;1H3. The third kappa shape index (κ3) is 36.0. The number of hydrogen-bond donors (Lipinski definition) is 0. The summed E-state index contributed by atoms with van der Waals surface area (Å²) >= 11 is 0. The van der Waals surface area contributed by atoms with Gasteiger partial charge in [-0.1, -0.05) is 0 Å². The molecule has 0 unspecified atom stereocenters. The molecule has 5 heteroatoms. The van der Waals surface area contributed by atoms with Gasteiger partial charge in [-0.3, -0.25) is 4.79 Å². The zero-order valence-corrected chi connectivity index (χ0v) is 8.33. The van der Waals surface area contributed by atoms with Gasteiger partial charge in [-0.15, -0.1) is 0 Å². The second-order valence-electron chi connectivity index (χ2n) is 2.46. The summed E-state index contributed by atoms with van der Waals surface area (Å²) in [6.45, 7) is 6.14. The molecule has 0 aliphatic carbocycles. The molecule has 0 spiro atoms. The van der Waals surface area contributed by atoms with Crippen LogP contribution in [0.15, 0.2) is 0 Å². The molecule has 0 saturated heterocycles. The van der Waals surface area contributed by atoms with Gasteiger partial charge in [-0.05, 0) is 13.8 Å². The SMILES string of the molecule is CC(=O)OCOC(C)C.CC([O])=O. The summed E-state index contributed by atoms with van der Waals surface area (Å²) in [5.41, 5.74) is 0. The largest absolute Gasteiger partial charge is 0.439 e. The Morgan fingerprint density at radius 3 is 1.85 bits per heavy atom. The summed E-state index contributed by atoms with van der Waals surface area (Å²) in [5.74, 6) is -1.39. The van der Waals surface area contributed by atoms with E-state index in [1.54, 1.807) is 0 Å². The van der Waals surface area contributed by atoms with Crippen molar-refractivity contribution in [1.29, 1.82) is 0 Å². The third-order valence-corrected chi connectivity index (χ3v) is 0.664. The Bertz CT molecular complexity index is 149. The lowest BCUT2D eigenvalue weighted by molar-refractivity contribution is -0.156. The molecule has 5 nitrogen and oxygen atoms in total. The van der Waals surface area contributed by atoms with Gasteiger partial charge in [0.25, 0.3) is 0 Å². The minimum Gasteiger partial charge on any atom is -0.439 e. The van der Waals surface area contributed by atoms with Crippen molar-refractivity contribution in [3.8, 4) is 0 Å². The maximum atomic E-state index is 10.1. The van der Waals surface area contributed by atoms with Crippen molar-refractivity contribution in [2.45, 2.75) is 33.8 Å². The van der Waals surface area contributed by atoms with Crippen LogP contribution in [0.4, 0.5) is 0 Å². The molecule has 77 valence electrons. The van der Waals surface area contributed by atoms with E-state index in [0.29, 0.717) is 0 Å². The first kappa shape index (κ1) is 14.4. The van der Waals surface area contributed by atoms with Gasteiger partial charge >= 0.3 is 11.9 Å². The summed E-state index contributed by atoms with van der Waals surface area (Å²) in [7, 11) is 0. The lowest BCUT2D eigenvalue weighted by Crippen LogP contribution is -2.09. The zero-order chi connectivity index (χ0) is 10.9. The molecule has 0 saturated carbocycles. The molecule has 0 aromatic carbocycles. The molecule has 0 rings (SSSR count). The van der Waals surface area contributed by atoms with E-state index in [0.717, 1.165) is 6.92 Å². The Labute approximate surface area is 77.6 Å². The van der Waals surface area contributed by atoms with Gasteiger partial charge in [0.05, 0.1) is 6.10 Å². The number of carbonyl (C=O) groups excluding carboxylic acids is 2. The van der Waals surface area contributed by atoms with Crippen LogP contribution in [0.2, 0.25) is 0 Å². The van der Waals surface area contributed by atoms with Crippen molar-refractivity contribution in [3.63, 3.8) is 0 Å². The van der Waals surface area contributed by atoms with Gasteiger partial charge in [0.1, 0.15) is 0 Å². The molecule has 0 aliphatic heterocycles. The van der Waals surface area contributed by atoms with Crippen molar-refractivity contribution in [2.24, 2.45) is 0 Å². The molecule has 0 aromatic rings. The molecule has 0 aromatic heterocycles. The fourth-order valence-electron chi connectivity index (χ4n) is 0.253. The van der Waals surface area contributed by atoms with E-state index in [9.17, 15) is 4.79 Å². The average molecular weight is 191 g/mol. The van der Waals surface area contributed by atoms with Gasteiger partial charge < -0.3 is 9.47 Å². The highest BCUT2D eigenvalue weighted by Crippen LogP contribution is 1.87. The maximum absolute atomic E-state index is 10.1. The highest BCUT2D eigenvalue weighted by Gasteiger charge is 1.93. The number of carbonyl (C=O) groups is 2. The van der Waals surface area contributed by atoms with Gasteiger partial charge in [-0.2, -0.15) is 0 Å². The molecule has 0 amide bonds. The minimum absolute atomic E-state index is 0.0625. The number of ether oxygens (including phenoxy) is 2.